The molecule has 5 heteroatoms. The third-order valence-electron chi connectivity index (χ3n) is 2.64. The highest BCUT2D eigenvalue weighted by molar-refractivity contribution is 7.80. The standard InChI is InChI=1S/C14H21NO3S/c1-4-17-8-10(2)18-9-12-7-11(14(15)19)5-6-13(12)16-3/h5-7,10H,4,8-9H2,1-3H3,(H2,15,19). The Kier molecular flexibility index (Phi) is 6.77. The number of benzene rings is 1. The fourth-order valence-corrected chi connectivity index (χ4v) is 1.74. The molecule has 0 amide bonds. The lowest BCUT2D eigenvalue weighted by molar-refractivity contribution is -0.0121. The molecule has 0 saturated carbocycles. The van der Waals surface area contributed by atoms with Gasteiger partial charge in [0.05, 0.1) is 26.4 Å². The zero-order valence-electron chi connectivity index (χ0n) is 11.6. The van der Waals surface area contributed by atoms with Gasteiger partial charge in [-0.2, -0.15) is 0 Å². The summed E-state index contributed by atoms with van der Waals surface area (Å²) in [7, 11) is 1.63. The number of hydrogen-bond donors (Lipinski definition) is 1. The molecule has 1 aromatic carbocycles. The first-order chi connectivity index (χ1) is 9.08. The molecular weight excluding hydrogens is 262 g/mol. The zero-order chi connectivity index (χ0) is 14.3. The van der Waals surface area contributed by atoms with E-state index in [4.69, 9.17) is 32.2 Å². The summed E-state index contributed by atoms with van der Waals surface area (Å²) >= 11 is 4.97. The fraction of sp³-hybridized carbons (Fsp3) is 0.500. The summed E-state index contributed by atoms with van der Waals surface area (Å²) < 4.78 is 16.3. The van der Waals surface area contributed by atoms with Gasteiger partial charge in [-0.05, 0) is 32.0 Å². The third-order valence-corrected chi connectivity index (χ3v) is 2.88. The molecule has 2 N–H and O–H groups in total. The van der Waals surface area contributed by atoms with E-state index >= 15 is 0 Å². The molecule has 0 saturated heterocycles. The average Bonchev–Trinajstić information content (AvgIpc) is 2.42. The van der Waals surface area contributed by atoms with Crippen LogP contribution in [0.4, 0.5) is 0 Å². The van der Waals surface area contributed by atoms with Gasteiger partial charge in [0.2, 0.25) is 0 Å². The lowest BCUT2D eigenvalue weighted by Gasteiger charge is -2.15. The minimum absolute atomic E-state index is 0.0261. The fourth-order valence-electron chi connectivity index (χ4n) is 1.61. The summed E-state index contributed by atoms with van der Waals surface area (Å²) in [4.78, 5) is 0.367. The summed E-state index contributed by atoms with van der Waals surface area (Å²) in [5.41, 5.74) is 7.36. The van der Waals surface area contributed by atoms with E-state index in [1.54, 1.807) is 7.11 Å². The zero-order valence-corrected chi connectivity index (χ0v) is 12.5. The van der Waals surface area contributed by atoms with Crippen molar-refractivity contribution >= 4 is 17.2 Å². The Labute approximate surface area is 119 Å². The Bertz CT molecular complexity index is 423. The molecule has 0 bridgehead atoms. The van der Waals surface area contributed by atoms with Crippen molar-refractivity contribution in [3.63, 3.8) is 0 Å². The first-order valence-electron chi connectivity index (χ1n) is 6.24. The van der Waals surface area contributed by atoms with Crippen LogP contribution in [0.15, 0.2) is 18.2 Å². The van der Waals surface area contributed by atoms with Gasteiger partial charge >= 0.3 is 0 Å². The second-order valence-corrected chi connectivity index (χ2v) is 4.61. The minimum Gasteiger partial charge on any atom is -0.496 e. The van der Waals surface area contributed by atoms with Crippen molar-refractivity contribution < 1.29 is 14.2 Å². The summed E-state index contributed by atoms with van der Waals surface area (Å²) in [6, 6.07) is 5.59. The molecule has 0 radical (unpaired) electrons. The molecule has 1 rings (SSSR count). The maximum absolute atomic E-state index is 5.72. The van der Waals surface area contributed by atoms with E-state index in [1.165, 1.54) is 0 Å². The first kappa shape index (κ1) is 15.9. The van der Waals surface area contributed by atoms with Gasteiger partial charge in [-0.25, -0.2) is 0 Å². The van der Waals surface area contributed by atoms with Crippen LogP contribution in [0.5, 0.6) is 5.75 Å². The van der Waals surface area contributed by atoms with Crippen LogP contribution in [-0.4, -0.2) is 31.4 Å². The van der Waals surface area contributed by atoms with E-state index in [-0.39, 0.29) is 6.10 Å². The van der Waals surface area contributed by atoms with E-state index in [9.17, 15) is 0 Å². The molecule has 0 aliphatic carbocycles. The van der Waals surface area contributed by atoms with Crippen molar-refractivity contribution in [1.29, 1.82) is 0 Å². The second-order valence-electron chi connectivity index (χ2n) is 4.17. The summed E-state index contributed by atoms with van der Waals surface area (Å²) in [5.74, 6) is 0.767. The molecule has 0 spiro atoms. The molecule has 106 valence electrons. The number of hydrogen-bond acceptors (Lipinski definition) is 4. The highest BCUT2D eigenvalue weighted by Gasteiger charge is 2.09. The topological polar surface area (TPSA) is 53.7 Å². The number of ether oxygens (including phenoxy) is 3. The molecule has 0 fully saturated rings. The van der Waals surface area contributed by atoms with Gasteiger partial charge in [-0.3, -0.25) is 0 Å². The first-order valence-corrected chi connectivity index (χ1v) is 6.65. The van der Waals surface area contributed by atoms with Crippen LogP contribution < -0.4 is 10.5 Å². The molecule has 0 aliphatic heterocycles. The van der Waals surface area contributed by atoms with Crippen LogP contribution >= 0.6 is 12.2 Å². The quantitative estimate of drug-likeness (QED) is 0.742. The van der Waals surface area contributed by atoms with Crippen molar-refractivity contribution in [2.24, 2.45) is 5.73 Å². The van der Waals surface area contributed by atoms with Crippen LogP contribution in [-0.2, 0) is 16.1 Å². The Hall–Kier alpha value is -1.17. The molecular formula is C14H21NO3S. The van der Waals surface area contributed by atoms with Crippen LogP contribution in [0.1, 0.15) is 25.0 Å². The van der Waals surface area contributed by atoms with Crippen LogP contribution in [0.3, 0.4) is 0 Å². The van der Waals surface area contributed by atoms with Crippen LogP contribution in [0.2, 0.25) is 0 Å². The molecule has 1 unspecified atom stereocenters. The lowest BCUT2D eigenvalue weighted by Crippen LogP contribution is -2.16. The van der Waals surface area contributed by atoms with Gasteiger partial charge in [-0.15, -0.1) is 0 Å². The molecule has 4 nitrogen and oxygen atoms in total. The molecule has 1 aromatic rings. The van der Waals surface area contributed by atoms with E-state index in [1.807, 2.05) is 32.0 Å². The van der Waals surface area contributed by atoms with Crippen molar-refractivity contribution in [2.45, 2.75) is 26.6 Å². The average molecular weight is 283 g/mol. The van der Waals surface area contributed by atoms with Crippen LogP contribution in [0.25, 0.3) is 0 Å². The predicted octanol–water partition coefficient (Wildman–Crippen LogP) is 2.27. The van der Waals surface area contributed by atoms with Crippen molar-refractivity contribution in [2.75, 3.05) is 20.3 Å². The number of thiocarbonyl (C=S) groups is 1. The Balaban J connectivity index is 2.69. The van der Waals surface area contributed by atoms with Crippen molar-refractivity contribution in [3.05, 3.63) is 29.3 Å². The third kappa shape index (κ3) is 5.14. The van der Waals surface area contributed by atoms with E-state index in [0.29, 0.717) is 24.8 Å². The smallest absolute Gasteiger partial charge is 0.124 e. The predicted molar refractivity (Wildman–Crippen MR) is 79.6 cm³/mol. The molecule has 0 aliphatic rings. The second kappa shape index (κ2) is 8.09. The van der Waals surface area contributed by atoms with Crippen molar-refractivity contribution in [1.82, 2.24) is 0 Å². The highest BCUT2D eigenvalue weighted by Crippen LogP contribution is 2.21. The van der Waals surface area contributed by atoms with Crippen molar-refractivity contribution in [3.8, 4) is 5.75 Å². The summed E-state index contributed by atoms with van der Waals surface area (Å²) in [6.45, 7) is 5.64. The van der Waals surface area contributed by atoms with E-state index < -0.39 is 0 Å². The highest BCUT2D eigenvalue weighted by atomic mass is 32.1. The molecule has 1 atom stereocenters. The minimum atomic E-state index is 0.0261. The van der Waals surface area contributed by atoms with Gasteiger partial charge in [0.25, 0.3) is 0 Å². The number of nitrogens with two attached hydrogens (primary N) is 1. The largest absolute Gasteiger partial charge is 0.496 e. The lowest BCUT2D eigenvalue weighted by atomic mass is 10.1. The monoisotopic (exact) mass is 283 g/mol. The van der Waals surface area contributed by atoms with Gasteiger partial charge in [0.1, 0.15) is 10.7 Å². The number of rotatable bonds is 8. The molecule has 19 heavy (non-hydrogen) atoms. The van der Waals surface area contributed by atoms with E-state index in [2.05, 4.69) is 0 Å². The van der Waals surface area contributed by atoms with Gasteiger partial charge in [0.15, 0.2) is 0 Å². The Morgan fingerprint density at radius 1 is 1.42 bits per heavy atom. The van der Waals surface area contributed by atoms with E-state index in [0.717, 1.165) is 16.9 Å². The summed E-state index contributed by atoms with van der Waals surface area (Å²) in [5, 5.41) is 0. The van der Waals surface area contributed by atoms with Gasteiger partial charge < -0.3 is 19.9 Å². The van der Waals surface area contributed by atoms with Gasteiger partial charge in [-0.1, -0.05) is 12.2 Å². The molecule has 0 heterocycles. The number of methoxy groups -OCH3 is 1. The Morgan fingerprint density at radius 3 is 2.74 bits per heavy atom. The Morgan fingerprint density at radius 2 is 2.16 bits per heavy atom. The molecule has 0 aromatic heterocycles. The maximum atomic E-state index is 5.72. The SMILES string of the molecule is CCOCC(C)OCc1cc(C(N)=S)ccc1OC. The van der Waals surface area contributed by atoms with Gasteiger partial charge in [0, 0.05) is 17.7 Å². The normalized spacial score (nSPS) is 12.2. The maximum Gasteiger partial charge on any atom is 0.124 e. The summed E-state index contributed by atoms with van der Waals surface area (Å²) in [6.07, 6.45) is 0.0261. The van der Waals surface area contributed by atoms with Crippen LogP contribution in [0, 0.1) is 0 Å².